The first kappa shape index (κ1) is 25.4. The minimum Gasteiger partial charge on any atom is -0.379 e. The Hall–Kier alpha value is -3.67. The van der Waals surface area contributed by atoms with Crippen molar-refractivity contribution in [3.8, 4) is 5.75 Å². The number of nitro benzene ring substituents is 1. The Labute approximate surface area is 215 Å². The number of imide groups is 1. The summed E-state index contributed by atoms with van der Waals surface area (Å²) in [5.41, 5.74) is 1.16. The van der Waals surface area contributed by atoms with E-state index in [1.807, 2.05) is 0 Å². The summed E-state index contributed by atoms with van der Waals surface area (Å²) in [5, 5.41) is 11.1. The molecule has 0 aliphatic carbocycles. The van der Waals surface area contributed by atoms with E-state index in [9.17, 15) is 28.1 Å². The maximum absolute atomic E-state index is 12.8. The van der Waals surface area contributed by atoms with E-state index in [-0.39, 0.29) is 27.8 Å². The SMILES string of the molecule is Cc1ccc(S(=O)(=O)Oc2ccc(/C=C3\SC(=O)N(Cc4ccccc4Cl)C3=O)cc2)cc1[N+](=O)[O-]. The van der Waals surface area contributed by atoms with E-state index in [4.69, 9.17) is 15.8 Å². The molecule has 0 aromatic heterocycles. The minimum atomic E-state index is -4.32. The number of thioether (sulfide) groups is 1. The van der Waals surface area contributed by atoms with Gasteiger partial charge in [0.2, 0.25) is 0 Å². The molecule has 0 saturated carbocycles. The topological polar surface area (TPSA) is 124 Å². The number of hydrogen-bond donors (Lipinski definition) is 0. The van der Waals surface area contributed by atoms with Crippen LogP contribution in [-0.2, 0) is 21.5 Å². The monoisotopic (exact) mass is 544 g/mol. The Bertz CT molecular complexity index is 1520. The van der Waals surface area contributed by atoms with E-state index in [1.54, 1.807) is 24.3 Å². The van der Waals surface area contributed by atoms with E-state index >= 15 is 0 Å². The van der Waals surface area contributed by atoms with Crippen molar-refractivity contribution in [3.63, 3.8) is 0 Å². The van der Waals surface area contributed by atoms with Crippen molar-refractivity contribution in [2.75, 3.05) is 0 Å². The van der Waals surface area contributed by atoms with Crippen molar-refractivity contribution in [2.24, 2.45) is 0 Å². The van der Waals surface area contributed by atoms with Gasteiger partial charge >= 0.3 is 10.1 Å². The molecule has 184 valence electrons. The Morgan fingerprint density at radius 2 is 1.78 bits per heavy atom. The normalized spacial score (nSPS) is 14.9. The molecular formula is C24H17ClN2O7S2. The fourth-order valence-electron chi connectivity index (χ4n) is 3.32. The van der Waals surface area contributed by atoms with Crippen molar-refractivity contribution in [3.05, 3.63) is 103 Å². The number of carbonyl (C=O) groups excluding carboxylic acids is 2. The van der Waals surface area contributed by atoms with Crippen LogP contribution in [-0.4, -0.2) is 29.4 Å². The third-order valence-corrected chi connectivity index (χ3v) is 7.73. The van der Waals surface area contributed by atoms with E-state index in [2.05, 4.69) is 0 Å². The number of benzene rings is 3. The van der Waals surface area contributed by atoms with Gasteiger partial charge in [-0.2, -0.15) is 8.42 Å². The Morgan fingerprint density at radius 1 is 1.08 bits per heavy atom. The highest BCUT2D eigenvalue weighted by molar-refractivity contribution is 8.18. The molecule has 1 aliphatic heterocycles. The number of aryl methyl sites for hydroxylation is 1. The molecule has 0 unspecified atom stereocenters. The molecule has 9 nitrogen and oxygen atoms in total. The van der Waals surface area contributed by atoms with Crippen molar-refractivity contribution in [1.82, 2.24) is 4.90 Å². The summed E-state index contributed by atoms with van der Waals surface area (Å²) in [7, 11) is -4.32. The second-order valence-corrected chi connectivity index (χ2v) is 10.6. The summed E-state index contributed by atoms with van der Waals surface area (Å²) >= 11 is 6.93. The summed E-state index contributed by atoms with van der Waals surface area (Å²) in [4.78, 5) is 36.6. The number of nitrogens with zero attached hydrogens (tertiary/aromatic N) is 2. The molecule has 0 atom stereocenters. The maximum Gasteiger partial charge on any atom is 0.339 e. The Kier molecular flexibility index (Phi) is 7.16. The summed E-state index contributed by atoms with van der Waals surface area (Å²) < 4.78 is 30.3. The van der Waals surface area contributed by atoms with Gasteiger partial charge in [-0.3, -0.25) is 24.6 Å². The van der Waals surface area contributed by atoms with Crippen LogP contribution in [0.4, 0.5) is 10.5 Å². The zero-order valence-electron chi connectivity index (χ0n) is 18.6. The summed E-state index contributed by atoms with van der Waals surface area (Å²) in [5.74, 6) is -0.490. The van der Waals surface area contributed by atoms with Crippen LogP contribution in [0.15, 0.2) is 76.5 Å². The van der Waals surface area contributed by atoms with Gasteiger partial charge in [0.25, 0.3) is 16.8 Å². The second kappa shape index (κ2) is 10.1. The van der Waals surface area contributed by atoms with Gasteiger partial charge < -0.3 is 4.18 Å². The first-order valence-electron chi connectivity index (χ1n) is 10.3. The lowest BCUT2D eigenvalue weighted by Crippen LogP contribution is -2.27. The summed E-state index contributed by atoms with van der Waals surface area (Å²) in [6.45, 7) is 1.54. The summed E-state index contributed by atoms with van der Waals surface area (Å²) in [6, 6.07) is 16.2. The number of carbonyl (C=O) groups is 2. The van der Waals surface area contributed by atoms with Crippen molar-refractivity contribution in [2.45, 2.75) is 18.4 Å². The standard InChI is InChI=1S/C24H17ClN2O7S2/c1-15-6-11-19(13-21(15)27(30)31)36(32,33)34-18-9-7-16(8-10-18)12-22-23(28)26(24(29)35-22)14-17-4-2-3-5-20(17)25/h2-13H,14H2,1H3/b22-12-. The van der Waals surface area contributed by atoms with E-state index in [0.29, 0.717) is 21.7 Å². The third kappa shape index (κ3) is 5.43. The molecule has 12 heteroatoms. The first-order valence-corrected chi connectivity index (χ1v) is 12.9. The van der Waals surface area contributed by atoms with Crippen molar-refractivity contribution in [1.29, 1.82) is 0 Å². The molecule has 36 heavy (non-hydrogen) atoms. The zero-order valence-corrected chi connectivity index (χ0v) is 21.0. The molecule has 0 spiro atoms. The number of hydrogen-bond acceptors (Lipinski definition) is 8. The van der Waals surface area contributed by atoms with Gasteiger partial charge in [-0.25, -0.2) is 0 Å². The molecule has 0 N–H and O–H groups in total. The highest BCUT2D eigenvalue weighted by Crippen LogP contribution is 2.34. The molecule has 3 aromatic carbocycles. The Balaban J connectivity index is 1.49. The van der Waals surface area contributed by atoms with Gasteiger partial charge in [0.15, 0.2) is 0 Å². The number of nitro groups is 1. The molecule has 1 fully saturated rings. The molecule has 3 aromatic rings. The quantitative estimate of drug-likeness (QED) is 0.164. The van der Waals surface area contributed by atoms with Crippen LogP contribution in [0.5, 0.6) is 5.75 Å². The lowest BCUT2D eigenvalue weighted by atomic mass is 10.2. The molecule has 0 bridgehead atoms. The van der Waals surface area contributed by atoms with E-state index in [1.165, 1.54) is 49.4 Å². The van der Waals surface area contributed by atoms with Crippen molar-refractivity contribution >= 4 is 56.4 Å². The third-order valence-electron chi connectivity index (χ3n) is 5.21. The van der Waals surface area contributed by atoms with Crippen LogP contribution in [0, 0.1) is 17.0 Å². The van der Waals surface area contributed by atoms with Crippen LogP contribution < -0.4 is 4.18 Å². The fourth-order valence-corrected chi connectivity index (χ4v) is 5.31. The first-order chi connectivity index (χ1) is 17.0. The summed E-state index contributed by atoms with van der Waals surface area (Å²) in [6.07, 6.45) is 1.51. The van der Waals surface area contributed by atoms with E-state index < -0.39 is 26.2 Å². The van der Waals surface area contributed by atoms with Crippen LogP contribution >= 0.6 is 23.4 Å². The van der Waals surface area contributed by atoms with E-state index in [0.717, 1.165) is 22.7 Å². The van der Waals surface area contributed by atoms with Gasteiger partial charge in [0, 0.05) is 16.7 Å². The minimum absolute atomic E-state index is 0.0257. The molecule has 4 rings (SSSR count). The average molecular weight is 545 g/mol. The Morgan fingerprint density at radius 3 is 2.44 bits per heavy atom. The average Bonchev–Trinajstić information content (AvgIpc) is 3.08. The van der Waals surface area contributed by atoms with Gasteiger partial charge in [-0.15, -0.1) is 0 Å². The smallest absolute Gasteiger partial charge is 0.339 e. The largest absolute Gasteiger partial charge is 0.379 e. The van der Waals surface area contributed by atoms with Gasteiger partial charge in [-0.05, 0) is 60.2 Å². The predicted molar refractivity (Wildman–Crippen MR) is 135 cm³/mol. The molecular weight excluding hydrogens is 528 g/mol. The maximum atomic E-state index is 12.8. The van der Waals surface area contributed by atoms with Gasteiger partial charge in [-0.1, -0.05) is 48.0 Å². The number of rotatable bonds is 7. The molecule has 1 heterocycles. The van der Waals surface area contributed by atoms with Crippen LogP contribution in [0.1, 0.15) is 16.7 Å². The van der Waals surface area contributed by atoms with Gasteiger partial charge in [0.05, 0.1) is 16.4 Å². The molecule has 0 radical (unpaired) electrons. The fraction of sp³-hybridized carbons (Fsp3) is 0.0833. The van der Waals surface area contributed by atoms with Crippen LogP contribution in [0.25, 0.3) is 6.08 Å². The number of amides is 2. The lowest BCUT2D eigenvalue weighted by Gasteiger charge is -2.13. The lowest BCUT2D eigenvalue weighted by molar-refractivity contribution is -0.385. The molecule has 2 amide bonds. The number of halogens is 1. The van der Waals surface area contributed by atoms with Crippen molar-refractivity contribution < 1.29 is 27.1 Å². The second-order valence-electron chi connectivity index (χ2n) is 7.67. The van der Waals surface area contributed by atoms with Crippen LogP contribution in [0.3, 0.4) is 0 Å². The van der Waals surface area contributed by atoms with Gasteiger partial charge in [0.1, 0.15) is 10.6 Å². The molecule has 1 aliphatic rings. The molecule has 1 saturated heterocycles. The zero-order chi connectivity index (χ0) is 26.0. The highest BCUT2D eigenvalue weighted by Gasteiger charge is 2.35. The predicted octanol–water partition coefficient (Wildman–Crippen LogP) is 5.56. The highest BCUT2D eigenvalue weighted by atomic mass is 35.5. The van der Waals surface area contributed by atoms with Crippen LogP contribution in [0.2, 0.25) is 5.02 Å².